The minimum absolute atomic E-state index is 0.886. The van der Waals surface area contributed by atoms with Gasteiger partial charge in [0.15, 0.2) is 0 Å². The van der Waals surface area contributed by atoms with Crippen LogP contribution < -0.4 is 0 Å². The third kappa shape index (κ3) is 1.57. The van der Waals surface area contributed by atoms with E-state index in [4.69, 9.17) is 3.07 Å². The SMILES string of the molecule is CC1C[C@@H]1COI. The van der Waals surface area contributed by atoms with Crippen LogP contribution in [0.4, 0.5) is 0 Å². The van der Waals surface area contributed by atoms with Crippen molar-refractivity contribution in [2.45, 2.75) is 13.3 Å². The molecule has 2 atom stereocenters. The lowest BCUT2D eigenvalue weighted by molar-refractivity contribution is 0.389. The van der Waals surface area contributed by atoms with Gasteiger partial charge in [-0.1, -0.05) is 6.92 Å². The van der Waals surface area contributed by atoms with Gasteiger partial charge in [-0.15, -0.1) is 0 Å². The van der Waals surface area contributed by atoms with E-state index in [2.05, 4.69) is 6.92 Å². The zero-order valence-corrected chi connectivity index (χ0v) is 6.51. The molecular weight excluding hydrogens is 203 g/mol. The Hall–Kier alpha value is 0.690. The summed E-state index contributed by atoms with van der Waals surface area (Å²) in [6.07, 6.45) is 1.38. The maximum absolute atomic E-state index is 4.91. The monoisotopic (exact) mass is 212 g/mol. The zero-order chi connectivity index (χ0) is 5.28. The third-order valence-corrected chi connectivity index (χ3v) is 1.91. The maximum atomic E-state index is 4.91. The average molecular weight is 212 g/mol. The van der Waals surface area contributed by atoms with E-state index < -0.39 is 0 Å². The number of rotatable bonds is 2. The van der Waals surface area contributed by atoms with Crippen LogP contribution in [-0.2, 0) is 3.07 Å². The molecular formula is C5H9IO. The highest BCUT2D eigenvalue weighted by atomic mass is 127. The van der Waals surface area contributed by atoms with Crippen LogP contribution in [0.25, 0.3) is 0 Å². The first kappa shape index (κ1) is 5.82. The fourth-order valence-electron chi connectivity index (χ4n) is 0.712. The van der Waals surface area contributed by atoms with E-state index >= 15 is 0 Å². The van der Waals surface area contributed by atoms with Gasteiger partial charge < -0.3 is 3.07 Å². The first-order valence-corrected chi connectivity index (χ1v) is 3.46. The van der Waals surface area contributed by atoms with E-state index in [1.807, 2.05) is 23.0 Å². The van der Waals surface area contributed by atoms with Crippen LogP contribution in [0.3, 0.4) is 0 Å². The van der Waals surface area contributed by atoms with Crippen LogP contribution in [-0.4, -0.2) is 6.61 Å². The molecule has 1 rings (SSSR count). The van der Waals surface area contributed by atoms with Crippen LogP contribution >= 0.6 is 23.0 Å². The molecule has 1 unspecified atom stereocenters. The van der Waals surface area contributed by atoms with Crippen molar-refractivity contribution in [3.63, 3.8) is 0 Å². The van der Waals surface area contributed by atoms with E-state index in [1.165, 1.54) is 6.42 Å². The molecule has 0 N–H and O–H groups in total. The summed E-state index contributed by atoms with van der Waals surface area (Å²) in [6, 6.07) is 0. The van der Waals surface area contributed by atoms with Crippen molar-refractivity contribution in [1.82, 2.24) is 0 Å². The molecule has 1 aliphatic rings. The third-order valence-electron chi connectivity index (χ3n) is 1.55. The predicted octanol–water partition coefficient (Wildman–Crippen LogP) is 2.01. The summed E-state index contributed by atoms with van der Waals surface area (Å²) in [5.41, 5.74) is 0. The predicted molar refractivity (Wildman–Crippen MR) is 37.2 cm³/mol. The molecule has 0 aromatic rings. The first-order valence-electron chi connectivity index (χ1n) is 2.58. The molecule has 1 fully saturated rings. The van der Waals surface area contributed by atoms with Crippen molar-refractivity contribution in [1.29, 1.82) is 0 Å². The average Bonchev–Trinajstić information content (AvgIpc) is 2.22. The molecule has 0 saturated heterocycles. The summed E-state index contributed by atoms with van der Waals surface area (Å²) in [5, 5.41) is 0. The van der Waals surface area contributed by atoms with Crippen molar-refractivity contribution in [3.8, 4) is 0 Å². The number of halogens is 1. The normalized spacial score (nSPS) is 38.6. The second-order valence-electron chi connectivity index (χ2n) is 2.25. The van der Waals surface area contributed by atoms with Crippen molar-refractivity contribution in [2.24, 2.45) is 11.8 Å². The molecule has 0 amide bonds. The fourth-order valence-corrected chi connectivity index (χ4v) is 1.17. The standard InChI is InChI=1S/C5H9IO/c1-4-2-5(4)3-7-6/h4-5H,2-3H2,1H3/t4?,5-/m1/s1. The number of hydrogen-bond acceptors (Lipinski definition) is 1. The van der Waals surface area contributed by atoms with Gasteiger partial charge >= 0.3 is 0 Å². The van der Waals surface area contributed by atoms with Gasteiger partial charge in [-0.25, -0.2) is 0 Å². The molecule has 0 aliphatic heterocycles. The van der Waals surface area contributed by atoms with Crippen molar-refractivity contribution in [3.05, 3.63) is 0 Å². The van der Waals surface area contributed by atoms with Gasteiger partial charge in [-0.05, 0) is 18.3 Å². The van der Waals surface area contributed by atoms with Gasteiger partial charge in [0.05, 0.1) is 6.61 Å². The molecule has 42 valence electrons. The summed E-state index contributed by atoms with van der Waals surface area (Å²) in [7, 11) is 0. The summed E-state index contributed by atoms with van der Waals surface area (Å²) < 4.78 is 4.91. The minimum Gasteiger partial charge on any atom is -0.316 e. The van der Waals surface area contributed by atoms with Crippen LogP contribution in [0.5, 0.6) is 0 Å². The van der Waals surface area contributed by atoms with Crippen LogP contribution in [0.2, 0.25) is 0 Å². The Morgan fingerprint density at radius 3 is 2.57 bits per heavy atom. The summed E-state index contributed by atoms with van der Waals surface area (Å²) in [4.78, 5) is 0. The Morgan fingerprint density at radius 2 is 2.43 bits per heavy atom. The molecule has 0 aromatic heterocycles. The lowest BCUT2D eigenvalue weighted by Gasteiger charge is -1.87. The Bertz CT molecular complexity index is 65.1. The molecule has 7 heavy (non-hydrogen) atoms. The Labute approximate surface area is 58.1 Å². The van der Waals surface area contributed by atoms with E-state index in [0.29, 0.717) is 0 Å². The van der Waals surface area contributed by atoms with Crippen LogP contribution in [0, 0.1) is 11.8 Å². The largest absolute Gasteiger partial charge is 0.316 e. The summed E-state index contributed by atoms with van der Waals surface area (Å²) in [6.45, 7) is 3.22. The second-order valence-corrected chi connectivity index (χ2v) is 2.87. The second kappa shape index (κ2) is 2.31. The Balaban J connectivity index is 1.98. The van der Waals surface area contributed by atoms with Gasteiger partial charge in [0.25, 0.3) is 0 Å². The van der Waals surface area contributed by atoms with E-state index in [9.17, 15) is 0 Å². The molecule has 0 heterocycles. The van der Waals surface area contributed by atoms with Crippen molar-refractivity contribution >= 4 is 23.0 Å². The highest BCUT2D eigenvalue weighted by Crippen LogP contribution is 2.37. The molecule has 0 spiro atoms. The smallest absolute Gasteiger partial charge is 0.109 e. The molecule has 0 radical (unpaired) electrons. The van der Waals surface area contributed by atoms with Crippen molar-refractivity contribution < 1.29 is 3.07 Å². The van der Waals surface area contributed by atoms with E-state index in [1.54, 1.807) is 0 Å². The molecule has 2 heteroatoms. The highest BCUT2D eigenvalue weighted by molar-refractivity contribution is 14.1. The minimum atomic E-state index is 0.886. The fraction of sp³-hybridized carbons (Fsp3) is 1.00. The van der Waals surface area contributed by atoms with E-state index in [-0.39, 0.29) is 0 Å². The molecule has 0 bridgehead atoms. The Kier molecular flexibility index (Phi) is 1.92. The quantitative estimate of drug-likeness (QED) is 0.636. The topological polar surface area (TPSA) is 9.23 Å². The van der Waals surface area contributed by atoms with Crippen LogP contribution in [0.1, 0.15) is 13.3 Å². The van der Waals surface area contributed by atoms with Crippen LogP contribution in [0.15, 0.2) is 0 Å². The van der Waals surface area contributed by atoms with Crippen molar-refractivity contribution in [2.75, 3.05) is 6.61 Å². The van der Waals surface area contributed by atoms with E-state index in [0.717, 1.165) is 18.4 Å². The lowest BCUT2D eigenvalue weighted by Crippen LogP contribution is -1.85. The zero-order valence-electron chi connectivity index (χ0n) is 4.36. The summed E-state index contributed by atoms with van der Waals surface area (Å²) >= 11 is 1.95. The first-order chi connectivity index (χ1) is 3.34. The molecule has 1 nitrogen and oxygen atoms in total. The van der Waals surface area contributed by atoms with Gasteiger partial charge in [0.1, 0.15) is 23.0 Å². The van der Waals surface area contributed by atoms with Gasteiger partial charge in [-0.2, -0.15) is 0 Å². The Morgan fingerprint density at radius 1 is 1.86 bits per heavy atom. The van der Waals surface area contributed by atoms with Gasteiger partial charge in [-0.3, -0.25) is 0 Å². The molecule has 1 saturated carbocycles. The molecule has 1 aliphatic carbocycles. The lowest BCUT2D eigenvalue weighted by atomic mass is 10.4. The number of hydrogen-bond donors (Lipinski definition) is 0. The maximum Gasteiger partial charge on any atom is 0.109 e. The van der Waals surface area contributed by atoms with Gasteiger partial charge in [0, 0.05) is 0 Å². The molecule has 0 aromatic carbocycles. The van der Waals surface area contributed by atoms with Gasteiger partial charge in [0.2, 0.25) is 0 Å². The summed E-state index contributed by atoms with van der Waals surface area (Å²) in [5.74, 6) is 1.83. The highest BCUT2D eigenvalue weighted by Gasteiger charge is 2.32.